The van der Waals surface area contributed by atoms with Crippen LogP contribution >= 0.6 is 0 Å². The van der Waals surface area contributed by atoms with E-state index in [2.05, 4.69) is 20.9 Å². The third kappa shape index (κ3) is 6.35. The molecule has 0 unspecified atom stereocenters. The number of hydrogen-bond donors (Lipinski definition) is 3. The Morgan fingerprint density at radius 2 is 2.00 bits per heavy atom. The van der Waals surface area contributed by atoms with E-state index < -0.39 is 0 Å². The topological polar surface area (TPSA) is 108 Å². The van der Waals surface area contributed by atoms with Crippen molar-refractivity contribution in [3.05, 3.63) is 72.2 Å². The van der Waals surface area contributed by atoms with E-state index >= 15 is 0 Å². The Morgan fingerprint density at radius 3 is 2.80 bits per heavy atom. The van der Waals surface area contributed by atoms with Crippen molar-refractivity contribution in [2.24, 2.45) is 0 Å². The number of nitrogens with zero attached hydrogens (tertiary/aromatic N) is 3. The van der Waals surface area contributed by atoms with Gasteiger partial charge in [0.25, 0.3) is 0 Å². The van der Waals surface area contributed by atoms with Gasteiger partial charge in [-0.05, 0) is 50.6 Å². The molecule has 4 aromatic rings. The number of amides is 2. The summed E-state index contributed by atoms with van der Waals surface area (Å²) in [6, 6.07) is 15.8. The molecule has 206 valence electrons. The van der Waals surface area contributed by atoms with Gasteiger partial charge < -0.3 is 20.7 Å². The molecule has 0 atom stereocenters. The van der Waals surface area contributed by atoms with Gasteiger partial charge in [-0.2, -0.15) is 0 Å². The molecular weight excluding hydrogens is 511 g/mol. The van der Waals surface area contributed by atoms with Crippen molar-refractivity contribution in [1.82, 2.24) is 20.2 Å². The molecule has 0 spiro atoms. The maximum Gasteiger partial charge on any atom is 0.238 e. The number of piperazine rings is 1. The quantitative estimate of drug-likeness (QED) is 0.298. The summed E-state index contributed by atoms with van der Waals surface area (Å²) in [5.41, 5.74) is 4.46. The highest BCUT2D eigenvalue weighted by atomic mass is 19.1. The second-order valence-corrected chi connectivity index (χ2v) is 10.0. The lowest BCUT2D eigenvalue weighted by Crippen LogP contribution is -2.49. The summed E-state index contributed by atoms with van der Waals surface area (Å²) in [4.78, 5) is 35.4. The number of rotatable bonds is 8. The first kappa shape index (κ1) is 27.0. The molecule has 3 N–H and O–H groups in total. The van der Waals surface area contributed by atoms with E-state index in [-0.39, 0.29) is 36.8 Å². The maximum absolute atomic E-state index is 14.0. The van der Waals surface area contributed by atoms with Gasteiger partial charge in [-0.3, -0.25) is 14.5 Å². The van der Waals surface area contributed by atoms with Gasteiger partial charge in [0.1, 0.15) is 11.6 Å². The number of carbonyl (C=O) groups is 2. The number of benzene rings is 3. The van der Waals surface area contributed by atoms with Crippen molar-refractivity contribution in [1.29, 1.82) is 0 Å². The molecule has 9 nitrogen and oxygen atoms in total. The minimum atomic E-state index is -0.375. The van der Waals surface area contributed by atoms with Crippen LogP contribution in [-0.2, 0) is 9.59 Å². The molecule has 10 heteroatoms. The number of para-hydroxylation sites is 1. The van der Waals surface area contributed by atoms with Crippen molar-refractivity contribution in [3.63, 3.8) is 0 Å². The minimum absolute atomic E-state index is 0.0805. The first-order chi connectivity index (χ1) is 19.2. The molecule has 2 heterocycles. The summed E-state index contributed by atoms with van der Waals surface area (Å²) < 4.78 is 20.0. The predicted molar refractivity (Wildman–Crippen MR) is 153 cm³/mol. The van der Waals surface area contributed by atoms with Gasteiger partial charge >= 0.3 is 0 Å². The third-order valence-corrected chi connectivity index (χ3v) is 6.46. The highest BCUT2D eigenvalue weighted by Crippen LogP contribution is 2.36. The van der Waals surface area contributed by atoms with Gasteiger partial charge in [0.2, 0.25) is 17.8 Å². The third-order valence-electron chi connectivity index (χ3n) is 6.46. The smallest absolute Gasteiger partial charge is 0.238 e. The first-order valence-electron chi connectivity index (χ1n) is 13.1. The van der Waals surface area contributed by atoms with Crippen molar-refractivity contribution in [2.45, 2.75) is 26.9 Å². The largest absolute Gasteiger partial charge is 0.490 e. The molecule has 2 amide bonds. The van der Waals surface area contributed by atoms with E-state index in [1.54, 1.807) is 12.3 Å². The zero-order valence-electron chi connectivity index (χ0n) is 22.6. The number of carbonyl (C=O) groups excluding carboxylic acids is 2. The molecule has 40 heavy (non-hydrogen) atoms. The lowest BCUT2D eigenvalue weighted by Gasteiger charge is -2.25. The van der Waals surface area contributed by atoms with E-state index in [0.717, 1.165) is 22.1 Å². The summed E-state index contributed by atoms with van der Waals surface area (Å²) in [5, 5.41) is 9.76. The first-order valence-corrected chi connectivity index (χ1v) is 13.1. The van der Waals surface area contributed by atoms with Gasteiger partial charge in [0.15, 0.2) is 0 Å². The predicted octanol–water partition coefficient (Wildman–Crippen LogP) is 4.65. The lowest BCUT2D eigenvalue weighted by molar-refractivity contribution is -0.125. The van der Waals surface area contributed by atoms with Crippen LogP contribution in [0.3, 0.4) is 0 Å². The summed E-state index contributed by atoms with van der Waals surface area (Å²) in [7, 11) is 0. The number of halogens is 1. The highest BCUT2D eigenvalue weighted by Gasteiger charge is 2.19. The van der Waals surface area contributed by atoms with Crippen LogP contribution in [-0.4, -0.2) is 59.0 Å². The van der Waals surface area contributed by atoms with E-state index in [1.807, 2.05) is 62.1 Å². The Kier molecular flexibility index (Phi) is 7.88. The minimum Gasteiger partial charge on any atom is -0.490 e. The molecule has 1 saturated heterocycles. The number of ether oxygens (including phenoxy) is 1. The van der Waals surface area contributed by atoms with Gasteiger partial charge in [-0.1, -0.05) is 24.3 Å². The lowest BCUT2D eigenvalue weighted by atomic mass is 10.0. The zero-order chi connectivity index (χ0) is 28.2. The van der Waals surface area contributed by atoms with Gasteiger partial charge in [-0.15, -0.1) is 0 Å². The standard InChI is InChI=1S/C30H31FN6O3/c1-18(2)40-26-13-21(31)8-10-23(26)24-6-4-5-20-15-33-30(36-29(20)24)34-22-9-7-19(3)25(14-22)35-28(39)17-37-12-11-32-27(38)16-37/h4-10,13-15,18H,11-12,16-17H2,1-3H3,(H,32,38)(H,35,39)(H,33,34,36). The van der Waals surface area contributed by atoms with E-state index in [1.165, 1.54) is 12.1 Å². The molecule has 3 aromatic carbocycles. The maximum atomic E-state index is 14.0. The average molecular weight is 543 g/mol. The molecule has 1 aliphatic heterocycles. The van der Waals surface area contributed by atoms with Gasteiger partial charge in [-0.25, -0.2) is 14.4 Å². The fraction of sp³-hybridized carbons (Fsp3) is 0.267. The van der Waals surface area contributed by atoms with E-state index in [4.69, 9.17) is 9.72 Å². The van der Waals surface area contributed by atoms with Crippen LogP contribution in [0, 0.1) is 12.7 Å². The number of nitrogens with one attached hydrogen (secondary N) is 3. The monoisotopic (exact) mass is 542 g/mol. The van der Waals surface area contributed by atoms with Crippen LogP contribution in [0.1, 0.15) is 19.4 Å². The Labute approximate surface area is 231 Å². The number of aryl methyl sites for hydroxylation is 1. The molecular formula is C30H31FN6O3. The fourth-order valence-electron chi connectivity index (χ4n) is 4.59. The molecule has 1 aliphatic rings. The molecule has 1 fully saturated rings. The Balaban J connectivity index is 1.39. The normalized spacial score (nSPS) is 13.8. The van der Waals surface area contributed by atoms with E-state index in [9.17, 15) is 14.0 Å². The molecule has 5 rings (SSSR count). The number of anilines is 3. The van der Waals surface area contributed by atoms with Crippen molar-refractivity contribution >= 4 is 40.0 Å². The van der Waals surface area contributed by atoms with Crippen LogP contribution in [0.4, 0.5) is 21.7 Å². The van der Waals surface area contributed by atoms with E-state index in [0.29, 0.717) is 41.7 Å². The van der Waals surface area contributed by atoms with Crippen LogP contribution in [0.25, 0.3) is 22.0 Å². The molecule has 0 aliphatic carbocycles. The Bertz CT molecular complexity index is 1570. The van der Waals surface area contributed by atoms with Crippen LogP contribution in [0.2, 0.25) is 0 Å². The number of aromatic nitrogens is 2. The summed E-state index contributed by atoms with van der Waals surface area (Å²) in [6.45, 7) is 7.20. The van der Waals surface area contributed by atoms with Crippen LogP contribution in [0.5, 0.6) is 5.75 Å². The molecule has 0 bridgehead atoms. The summed E-state index contributed by atoms with van der Waals surface area (Å²) in [5.74, 6) is 0.164. The Hall–Kier alpha value is -4.57. The summed E-state index contributed by atoms with van der Waals surface area (Å²) >= 11 is 0. The number of hydrogen-bond acceptors (Lipinski definition) is 7. The highest BCUT2D eigenvalue weighted by molar-refractivity contribution is 5.96. The zero-order valence-corrected chi connectivity index (χ0v) is 22.6. The molecule has 1 aromatic heterocycles. The second kappa shape index (κ2) is 11.7. The summed E-state index contributed by atoms with van der Waals surface area (Å²) in [6.07, 6.45) is 1.60. The number of fused-ring (bicyclic) bond motifs is 1. The Morgan fingerprint density at radius 1 is 1.15 bits per heavy atom. The van der Waals surface area contributed by atoms with Crippen molar-refractivity contribution in [3.8, 4) is 16.9 Å². The van der Waals surface area contributed by atoms with Crippen LogP contribution < -0.4 is 20.7 Å². The SMILES string of the molecule is Cc1ccc(Nc2ncc3cccc(-c4ccc(F)cc4OC(C)C)c3n2)cc1NC(=O)CN1CCNC(=O)C1. The fourth-order valence-corrected chi connectivity index (χ4v) is 4.59. The molecule has 0 radical (unpaired) electrons. The van der Waals surface area contributed by atoms with Gasteiger partial charge in [0.05, 0.1) is 24.7 Å². The average Bonchev–Trinajstić information content (AvgIpc) is 2.90. The van der Waals surface area contributed by atoms with Crippen molar-refractivity contribution in [2.75, 3.05) is 36.8 Å². The van der Waals surface area contributed by atoms with Crippen molar-refractivity contribution < 1.29 is 18.7 Å². The second-order valence-electron chi connectivity index (χ2n) is 10.0. The van der Waals surface area contributed by atoms with Gasteiger partial charge in [0, 0.05) is 53.2 Å². The molecule has 0 saturated carbocycles. The van der Waals surface area contributed by atoms with Crippen LogP contribution in [0.15, 0.2) is 60.8 Å².